The minimum Gasteiger partial charge on any atom is -0.871 e. The molecule has 0 bridgehead atoms. The molecular weight excluding hydrogens is 890 g/mol. The first-order chi connectivity index (χ1) is 25.4. The summed E-state index contributed by atoms with van der Waals surface area (Å²) < 4.78 is 109. The monoisotopic (exact) mass is 901 g/mol. The van der Waals surface area contributed by atoms with Gasteiger partial charge in [-0.25, -0.2) is 44.5 Å². The Morgan fingerprint density at radius 2 is 0.836 bits per heavy atom. The summed E-state index contributed by atoms with van der Waals surface area (Å²) in [6, 6.07) is 4.51. The van der Waals surface area contributed by atoms with E-state index in [1.54, 1.807) is 0 Å². The summed E-state index contributed by atoms with van der Waals surface area (Å²) in [5, 5.41) is 30.4. The molecule has 0 spiro atoms. The van der Waals surface area contributed by atoms with Gasteiger partial charge in [-0.1, -0.05) is 57.9 Å². The number of carbonyl (C=O) groups excluding carboxylic acids is 2. The van der Waals surface area contributed by atoms with Crippen LogP contribution >= 0.6 is 46.4 Å². The van der Waals surface area contributed by atoms with Crippen molar-refractivity contribution in [1.82, 2.24) is 19.6 Å². The Morgan fingerprint density at radius 3 is 1.13 bits per heavy atom. The largest absolute Gasteiger partial charge is 2.00 e. The normalized spacial score (nSPS) is 10.5. The fourth-order valence-electron chi connectivity index (χ4n) is 4.42. The predicted octanol–water partition coefficient (Wildman–Crippen LogP) is 6.90. The van der Waals surface area contributed by atoms with Gasteiger partial charge in [0.15, 0.2) is 58.1 Å². The molecule has 0 aliphatic heterocycles. The maximum atomic E-state index is 13.8. The Labute approximate surface area is 332 Å². The summed E-state index contributed by atoms with van der Waals surface area (Å²) in [6.45, 7) is 0. The van der Waals surface area contributed by atoms with Gasteiger partial charge in [-0.3, -0.25) is 21.3 Å². The molecule has 23 heteroatoms. The van der Waals surface area contributed by atoms with Crippen LogP contribution in [0.25, 0.3) is 11.4 Å². The average Bonchev–Trinajstić information content (AvgIpc) is 3.82. The van der Waals surface area contributed by atoms with Gasteiger partial charge < -0.3 is 10.2 Å². The van der Waals surface area contributed by atoms with E-state index in [0.29, 0.717) is 9.36 Å². The van der Waals surface area contributed by atoms with E-state index in [9.17, 15) is 54.9 Å². The zero-order valence-corrected chi connectivity index (χ0v) is 30.2. The van der Waals surface area contributed by atoms with Gasteiger partial charge in [-0.2, -0.15) is 10.2 Å². The molecule has 4 N–H and O–H groups in total. The first-order valence-electron chi connectivity index (χ1n) is 13.9. The van der Waals surface area contributed by atoms with E-state index >= 15 is 0 Å². The molecule has 2 aromatic heterocycles. The van der Waals surface area contributed by atoms with E-state index in [4.69, 9.17) is 46.4 Å². The third-order valence-corrected chi connectivity index (χ3v) is 7.83. The number of benzene rings is 4. The Balaban J connectivity index is 0.000000278. The van der Waals surface area contributed by atoms with Crippen molar-refractivity contribution in [3.05, 3.63) is 150 Å². The minimum atomic E-state index is -1.69. The van der Waals surface area contributed by atoms with Crippen molar-refractivity contribution in [2.45, 2.75) is 0 Å². The van der Waals surface area contributed by atoms with Crippen LogP contribution in [0.3, 0.4) is 0 Å². The first-order valence-corrected chi connectivity index (χ1v) is 15.4. The van der Waals surface area contributed by atoms with Crippen molar-refractivity contribution >= 4 is 58.0 Å². The molecule has 1 radical (unpaired) electrons. The molecule has 0 saturated heterocycles. The van der Waals surface area contributed by atoms with Gasteiger partial charge in [0.05, 0.1) is 23.5 Å². The van der Waals surface area contributed by atoms with Crippen LogP contribution in [0.15, 0.2) is 61.2 Å². The summed E-state index contributed by atoms with van der Waals surface area (Å²) >= 11 is 22.9. The second-order valence-corrected chi connectivity index (χ2v) is 11.9. The van der Waals surface area contributed by atoms with Gasteiger partial charge in [0.2, 0.25) is 0 Å². The number of hydrogen-bond acceptors (Lipinski definition) is 8. The average molecular weight is 904 g/mol. The van der Waals surface area contributed by atoms with E-state index in [0.717, 1.165) is 49.1 Å². The molecule has 4 aromatic carbocycles. The van der Waals surface area contributed by atoms with Crippen molar-refractivity contribution < 1.29 is 72.0 Å². The first kappa shape index (κ1) is 44.7. The number of hydrogen-bond donors (Lipinski definition) is 2. The van der Waals surface area contributed by atoms with Crippen LogP contribution in [0.2, 0.25) is 20.1 Å². The van der Waals surface area contributed by atoms with E-state index < -0.39 is 92.1 Å². The summed E-state index contributed by atoms with van der Waals surface area (Å²) in [4.78, 5) is 24.8. The molecule has 55 heavy (non-hydrogen) atoms. The van der Waals surface area contributed by atoms with E-state index in [1.807, 2.05) is 0 Å². The molecule has 0 aliphatic rings. The van der Waals surface area contributed by atoms with Crippen LogP contribution in [0, 0.1) is 46.5 Å². The van der Waals surface area contributed by atoms with Crippen LogP contribution < -0.4 is 21.9 Å². The molecule has 2 heterocycles. The van der Waals surface area contributed by atoms with Crippen LogP contribution in [0.1, 0.15) is 31.8 Å². The molecule has 291 valence electrons. The Bertz CT molecular complexity index is 2240. The molecule has 0 unspecified atom stereocenters. The zero-order chi connectivity index (χ0) is 40.3. The van der Waals surface area contributed by atoms with Gasteiger partial charge in [0.1, 0.15) is 11.4 Å². The standard InChI is InChI=1S/2C16H6Cl2F4N2O2.Cu.H4N2/c2*17-7-1-8(16(26)9(18)2-7)15(25)6-4-23-24(5-6)14-12(21)10(19)3-11(20)13(14)22;;1-2/h2*1-5,26H;;1-2H2/q;;+2;/p-2. The van der Waals surface area contributed by atoms with Crippen LogP contribution in [0.5, 0.6) is 11.5 Å². The Hall–Kier alpha value is -4.72. The van der Waals surface area contributed by atoms with Gasteiger partial charge in [0.25, 0.3) is 0 Å². The van der Waals surface area contributed by atoms with Crippen LogP contribution in [-0.2, 0) is 17.1 Å². The summed E-state index contributed by atoms with van der Waals surface area (Å²) in [5.74, 6) is -8.68. The van der Waals surface area contributed by atoms with Crippen molar-refractivity contribution in [3.63, 3.8) is 0 Å². The molecule has 0 saturated carbocycles. The second-order valence-electron chi connectivity index (χ2n) is 10.2. The maximum Gasteiger partial charge on any atom is 2.00 e. The van der Waals surface area contributed by atoms with Crippen molar-refractivity contribution in [3.8, 4) is 22.9 Å². The molecule has 6 aromatic rings. The van der Waals surface area contributed by atoms with Gasteiger partial charge >= 0.3 is 17.1 Å². The summed E-state index contributed by atoms with van der Waals surface area (Å²) in [6.07, 6.45) is 3.38. The van der Waals surface area contributed by atoms with Crippen molar-refractivity contribution in [1.29, 1.82) is 0 Å². The molecule has 10 nitrogen and oxygen atoms in total. The predicted molar refractivity (Wildman–Crippen MR) is 174 cm³/mol. The third kappa shape index (κ3) is 9.22. The number of halogens is 12. The number of aromatic nitrogens is 4. The molecule has 0 amide bonds. The topological polar surface area (TPSA) is 168 Å². The number of hydrazine groups is 1. The third-order valence-electron chi connectivity index (χ3n) is 6.83. The minimum absolute atomic E-state index is 0. The Morgan fingerprint density at radius 1 is 0.545 bits per heavy atom. The summed E-state index contributed by atoms with van der Waals surface area (Å²) in [7, 11) is 0. The van der Waals surface area contributed by atoms with Gasteiger partial charge in [-0.05, 0) is 24.3 Å². The maximum absolute atomic E-state index is 13.8. The smallest absolute Gasteiger partial charge is 0.871 e. The van der Waals surface area contributed by atoms with Crippen LogP contribution in [0.4, 0.5) is 35.1 Å². The molecular formula is C32H14Cl4CuF8N6O4. The Kier molecular flexibility index (Phi) is 14.8. The summed E-state index contributed by atoms with van der Waals surface area (Å²) in [5.41, 5.74) is -3.63. The van der Waals surface area contributed by atoms with Crippen molar-refractivity contribution in [2.24, 2.45) is 11.7 Å². The van der Waals surface area contributed by atoms with Gasteiger partial charge in [-0.15, -0.1) is 0 Å². The fourth-order valence-corrected chi connectivity index (χ4v) is 5.40. The molecule has 0 fully saturated rings. The van der Waals surface area contributed by atoms with E-state index in [-0.39, 0.29) is 60.4 Å². The zero-order valence-electron chi connectivity index (χ0n) is 26.2. The van der Waals surface area contributed by atoms with Crippen LogP contribution in [-0.4, -0.2) is 31.1 Å². The fraction of sp³-hybridized carbons (Fsp3) is 0. The SMILES string of the molecule is NN.O=C(c1cnn(-c2c(F)c(F)cc(F)c2F)c1)c1cc(Cl)cc(Cl)c1[O-].O=C(c1cnn(-c2c(F)c(F)cc(F)c2F)c1)c1cc(Cl)cc(Cl)c1[O-].[Cu+2]. The van der Waals surface area contributed by atoms with E-state index in [2.05, 4.69) is 21.9 Å². The van der Waals surface area contributed by atoms with E-state index in [1.165, 1.54) is 0 Å². The number of nitrogens with zero attached hydrogens (tertiary/aromatic N) is 4. The molecule has 6 rings (SSSR count). The number of nitrogens with two attached hydrogens (primary N) is 2. The second kappa shape index (κ2) is 18.3. The number of rotatable bonds is 6. The quantitative estimate of drug-likeness (QED) is 0.0455. The number of carbonyl (C=O) groups is 2. The molecule has 0 aliphatic carbocycles. The van der Waals surface area contributed by atoms with Crippen molar-refractivity contribution in [2.75, 3.05) is 0 Å². The molecule has 0 atom stereocenters. The number of ketones is 2. The van der Waals surface area contributed by atoms with Gasteiger partial charge in [0, 0.05) is 55.7 Å².